The molecular weight excluding hydrogens is 318 g/mol. The Morgan fingerprint density at radius 2 is 2.00 bits per heavy atom. The van der Waals surface area contributed by atoms with Crippen LogP contribution in [0.5, 0.6) is 0 Å². The molecule has 6 nitrogen and oxygen atoms in total. The van der Waals surface area contributed by atoms with E-state index in [1.807, 2.05) is 21.9 Å². The number of aryl methyl sites for hydroxylation is 1. The van der Waals surface area contributed by atoms with Crippen LogP contribution in [-0.4, -0.2) is 46.2 Å². The number of amides is 2. The Bertz CT molecular complexity index is 802. The molecule has 2 fully saturated rings. The van der Waals surface area contributed by atoms with E-state index in [0.29, 0.717) is 31.2 Å². The van der Waals surface area contributed by atoms with Crippen LogP contribution in [0.3, 0.4) is 0 Å². The van der Waals surface area contributed by atoms with E-state index < -0.39 is 0 Å². The predicted molar refractivity (Wildman–Crippen MR) is 90.7 cm³/mol. The second-order valence-electron chi connectivity index (χ2n) is 6.98. The van der Waals surface area contributed by atoms with Crippen molar-refractivity contribution >= 4 is 11.8 Å². The van der Waals surface area contributed by atoms with E-state index in [1.165, 1.54) is 23.8 Å². The average Bonchev–Trinajstić information content (AvgIpc) is 3.30. The molecule has 2 aromatic rings. The van der Waals surface area contributed by atoms with Crippen LogP contribution in [0.25, 0.3) is 0 Å². The number of aromatic nitrogens is 1. The van der Waals surface area contributed by atoms with E-state index in [2.05, 4.69) is 24.0 Å². The third kappa shape index (κ3) is 2.62. The molecular formula is C19H21N3O3. The summed E-state index contributed by atoms with van der Waals surface area (Å²) in [6.45, 7) is 5.70. The Balaban J connectivity index is 1.63. The van der Waals surface area contributed by atoms with Crippen molar-refractivity contribution in [1.82, 2.24) is 14.8 Å². The van der Waals surface area contributed by atoms with E-state index >= 15 is 0 Å². The molecule has 2 saturated heterocycles. The highest BCUT2D eigenvalue weighted by molar-refractivity contribution is 5.92. The number of nitrogens with zero attached hydrogens (tertiary/aromatic N) is 3. The quantitative estimate of drug-likeness (QED) is 0.842. The lowest BCUT2D eigenvalue weighted by Crippen LogP contribution is -2.36. The molecule has 0 radical (unpaired) electrons. The highest BCUT2D eigenvalue weighted by Gasteiger charge is 2.49. The number of likely N-dealkylation sites (tertiary alicyclic amines) is 2. The summed E-state index contributed by atoms with van der Waals surface area (Å²) >= 11 is 0. The fourth-order valence-electron chi connectivity index (χ4n) is 4.33. The van der Waals surface area contributed by atoms with Gasteiger partial charge in [0.2, 0.25) is 5.91 Å². The first kappa shape index (κ1) is 15.9. The number of oxazole rings is 1. The van der Waals surface area contributed by atoms with Crippen LogP contribution in [-0.2, 0) is 4.79 Å². The summed E-state index contributed by atoms with van der Waals surface area (Å²) in [6, 6.07) is 8.23. The fourth-order valence-corrected chi connectivity index (χ4v) is 4.33. The summed E-state index contributed by atoms with van der Waals surface area (Å²) in [4.78, 5) is 32.6. The molecule has 3 heterocycles. The Hall–Kier alpha value is -2.63. The minimum atomic E-state index is -0.0962. The van der Waals surface area contributed by atoms with Gasteiger partial charge in [-0.1, -0.05) is 24.3 Å². The summed E-state index contributed by atoms with van der Waals surface area (Å²) in [6.07, 6.45) is 2.66. The number of fused-ring (bicyclic) bond motifs is 1. The van der Waals surface area contributed by atoms with Crippen LogP contribution < -0.4 is 0 Å². The summed E-state index contributed by atoms with van der Waals surface area (Å²) in [5.41, 5.74) is 2.71. The van der Waals surface area contributed by atoms with Crippen molar-refractivity contribution in [3.05, 3.63) is 53.7 Å². The molecule has 2 aliphatic heterocycles. The third-order valence-corrected chi connectivity index (χ3v) is 5.51. The summed E-state index contributed by atoms with van der Waals surface area (Å²) in [5, 5.41) is 0. The zero-order valence-electron chi connectivity index (χ0n) is 14.4. The molecule has 130 valence electrons. The first-order valence-corrected chi connectivity index (χ1v) is 8.56. The van der Waals surface area contributed by atoms with Gasteiger partial charge >= 0.3 is 0 Å². The average molecular weight is 339 g/mol. The molecule has 0 saturated carbocycles. The van der Waals surface area contributed by atoms with Gasteiger partial charge < -0.3 is 14.2 Å². The normalized spacial score (nSPS) is 25.3. The van der Waals surface area contributed by atoms with E-state index in [-0.39, 0.29) is 23.8 Å². The Kier molecular flexibility index (Phi) is 3.82. The molecule has 0 unspecified atom stereocenters. The van der Waals surface area contributed by atoms with Crippen molar-refractivity contribution in [3.8, 4) is 0 Å². The zero-order chi connectivity index (χ0) is 17.6. The van der Waals surface area contributed by atoms with Gasteiger partial charge in [-0.25, -0.2) is 4.98 Å². The van der Waals surface area contributed by atoms with E-state index in [1.54, 1.807) is 6.92 Å². The topological polar surface area (TPSA) is 66.7 Å². The van der Waals surface area contributed by atoms with Crippen molar-refractivity contribution < 1.29 is 14.0 Å². The molecule has 1 aromatic heterocycles. The number of benzene rings is 1. The van der Waals surface area contributed by atoms with Gasteiger partial charge in [-0.2, -0.15) is 0 Å². The van der Waals surface area contributed by atoms with Crippen LogP contribution in [0.1, 0.15) is 34.6 Å². The lowest BCUT2D eigenvalue weighted by molar-refractivity contribution is -0.130. The van der Waals surface area contributed by atoms with Crippen LogP contribution in [0.15, 0.2) is 41.3 Å². The predicted octanol–water partition coefficient (Wildman–Crippen LogP) is 2.27. The van der Waals surface area contributed by atoms with Gasteiger partial charge in [0.05, 0.1) is 6.04 Å². The van der Waals surface area contributed by atoms with Crippen molar-refractivity contribution in [2.75, 3.05) is 19.6 Å². The smallest absolute Gasteiger partial charge is 0.275 e. The first-order valence-electron chi connectivity index (χ1n) is 8.56. The molecule has 0 aliphatic carbocycles. The molecule has 0 spiro atoms. The van der Waals surface area contributed by atoms with E-state index in [4.69, 9.17) is 4.42 Å². The van der Waals surface area contributed by atoms with Gasteiger partial charge in [0.25, 0.3) is 5.91 Å². The molecule has 4 rings (SSSR count). The second kappa shape index (κ2) is 6.02. The molecule has 1 aromatic carbocycles. The summed E-state index contributed by atoms with van der Waals surface area (Å²) in [5.74, 6) is 0.545. The monoisotopic (exact) mass is 339 g/mol. The van der Waals surface area contributed by atoms with Crippen LogP contribution in [0.2, 0.25) is 0 Å². The fraction of sp³-hybridized carbons (Fsp3) is 0.421. The van der Waals surface area contributed by atoms with Crippen LogP contribution in [0, 0.1) is 18.8 Å². The van der Waals surface area contributed by atoms with Crippen molar-refractivity contribution in [1.29, 1.82) is 0 Å². The minimum absolute atomic E-state index is 0.0267. The number of hydrogen-bond donors (Lipinski definition) is 0. The largest absolute Gasteiger partial charge is 0.451 e. The Morgan fingerprint density at radius 1 is 1.20 bits per heavy atom. The molecule has 3 atom stereocenters. The Labute approximate surface area is 146 Å². The maximum Gasteiger partial charge on any atom is 0.275 e. The second-order valence-corrected chi connectivity index (χ2v) is 6.98. The van der Waals surface area contributed by atoms with E-state index in [0.717, 1.165) is 0 Å². The first-order chi connectivity index (χ1) is 12.1. The number of rotatable bonds is 2. The lowest BCUT2D eigenvalue weighted by atomic mass is 9.87. The molecule has 0 bridgehead atoms. The van der Waals surface area contributed by atoms with Gasteiger partial charge in [-0.15, -0.1) is 0 Å². The summed E-state index contributed by atoms with van der Waals surface area (Å²) in [7, 11) is 0. The third-order valence-electron chi connectivity index (χ3n) is 5.51. The number of carbonyl (C=O) groups excluding carboxylic acids is 2. The minimum Gasteiger partial charge on any atom is -0.451 e. The number of hydrogen-bond acceptors (Lipinski definition) is 4. The molecule has 0 N–H and O–H groups in total. The zero-order valence-corrected chi connectivity index (χ0v) is 14.4. The van der Waals surface area contributed by atoms with Crippen molar-refractivity contribution in [2.45, 2.75) is 19.9 Å². The highest BCUT2D eigenvalue weighted by atomic mass is 16.3. The van der Waals surface area contributed by atoms with Gasteiger partial charge in [-0.05, 0) is 18.1 Å². The highest BCUT2D eigenvalue weighted by Crippen LogP contribution is 2.45. The SMILES string of the molecule is CC(=O)N1C[C@H]2CN(C(=O)c3cocn3)C[C@H]2[C@@H]1c1ccccc1C. The van der Waals surface area contributed by atoms with Crippen LogP contribution in [0.4, 0.5) is 0 Å². The maximum absolute atomic E-state index is 12.6. The van der Waals surface area contributed by atoms with Gasteiger partial charge in [0, 0.05) is 38.4 Å². The summed E-state index contributed by atoms with van der Waals surface area (Å²) < 4.78 is 4.93. The van der Waals surface area contributed by atoms with Gasteiger partial charge in [0.15, 0.2) is 12.1 Å². The molecule has 6 heteroatoms. The van der Waals surface area contributed by atoms with Crippen LogP contribution >= 0.6 is 0 Å². The van der Waals surface area contributed by atoms with Crippen molar-refractivity contribution in [3.63, 3.8) is 0 Å². The standard InChI is InChI=1S/C19H21N3O3/c1-12-5-3-4-6-15(12)18-16-9-21(19(24)17-10-25-11-20-17)7-14(16)8-22(18)13(2)23/h3-6,10-11,14,16,18H,7-9H2,1-2H3/t14-,16-,18+/m1/s1. The van der Waals surface area contributed by atoms with Gasteiger partial charge in [0.1, 0.15) is 6.26 Å². The molecule has 25 heavy (non-hydrogen) atoms. The Morgan fingerprint density at radius 3 is 2.68 bits per heavy atom. The van der Waals surface area contributed by atoms with Gasteiger partial charge in [-0.3, -0.25) is 9.59 Å². The van der Waals surface area contributed by atoms with Crippen molar-refractivity contribution in [2.24, 2.45) is 11.8 Å². The lowest BCUT2D eigenvalue weighted by Gasteiger charge is -2.30. The molecule has 2 aliphatic rings. The van der Waals surface area contributed by atoms with E-state index in [9.17, 15) is 9.59 Å². The number of carbonyl (C=O) groups is 2. The molecule has 2 amide bonds. The maximum atomic E-state index is 12.6.